The Kier molecular flexibility index (Phi) is 8.52. The Morgan fingerprint density at radius 3 is 2.65 bits per heavy atom. The lowest BCUT2D eigenvalue weighted by atomic mass is 10.1. The number of carbonyl (C=O) groups is 2. The van der Waals surface area contributed by atoms with Gasteiger partial charge in [0.1, 0.15) is 0 Å². The van der Waals surface area contributed by atoms with Crippen LogP contribution in [0.25, 0.3) is 0 Å². The van der Waals surface area contributed by atoms with Gasteiger partial charge >= 0.3 is 0 Å². The number of aromatic nitrogens is 2. The van der Waals surface area contributed by atoms with Gasteiger partial charge in [-0.2, -0.15) is 0 Å². The number of pyridine rings is 1. The highest BCUT2D eigenvalue weighted by Crippen LogP contribution is 2.33. The molecule has 1 aliphatic carbocycles. The number of oxime groups is 1. The number of rotatable bonds is 11. The largest absolute Gasteiger partial charge is 0.389 e. The number of carbonyl (C=O) groups excluding carboxylic acids is 2. The Hall–Kier alpha value is -3.68. The molecule has 2 amide bonds. The molecule has 0 radical (unpaired) electrons. The number of hydrogen-bond acceptors (Lipinski definition) is 10. The highest BCUT2D eigenvalue weighted by Gasteiger charge is 2.36. The molecule has 0 unspecified atom stereocenters. The summed E-state index contributed by atoms with van der Waals surface area (Å²) in [5.74, 6) is -0.534. The Labute approximate surface area is 236 Å². The molecule has 13 heteroatoms. The molecule has 1 aliphatic heterocycles. The fourth-order valence-electron chi connectivity index (χ4n) is 4.41. The molecule has 1 N–H and O–H groups in total. The van der Waals surface area contributed by atoms with Crippen LogP contribution in [0.3, 0.4) is 0 Å². The van der Waals surface area contributed by atoms with Gasteiger partial charge < -0.3 is 9.74 Å². The van der Waals surface area contributed by atoms with Crippen LogP contribution < -0.4 is 5.32 Å². The van der Waals surface area contributed by atoms with Crippen LogP contribution in [-0.4, -0.2) is 77.1 Å². The lowest BCUT2D eigenvalue weighted by molar-refractivity contribution is -0.122. The molecular formula is C27H30N6O5S2. The number of sulfone groups is 1. The van der Waals surface area contributed by atoms with Gasteiger partial charge in [0.2, 0.25) is 6.41 Å². The first-order valence-electron chi connectivity index (χ1n) is 13.0. The zero-order valence-electron chi connectivity index (χ0n) is 22.0. The van der Waals surface area contributed by atoms with Crippen LogP contribution in [0, 0.1) is 0 Å². The van der Waals surface area contributed by atoms with Crippen molar-refractivity contribution >= 4 is 44.3 Å². The third-order valence-corrected chi connectivity index (χ3v) is 9.96. The van der Waals surface area contributed by atoms with Crippen molar-refractivity contribution in [1.82, 2.24) is 19.8 Å². The van der Waals surface area contributed by atoms with E-state index >= 15 is 0 Å². The summed E-state index contributed by atoms with van der Waals surface area (Å²) >= 11 is 1.36. The van der Waals surface area contributed by atoms with Crippen molar-refractivity contribution in [2.45, 2.75) is 49.1 Å². The maximum absolute atomic E-state index is 13.3. The quantitative estimate of drug-likeness (QED) is 0.207. The lowest BCUT2D eigenvalue weighted by Crippen LogP contribution is -2.50. The first-order chi connectivity index (χ1) is 19.3. The number of amides is 2. The van der Waals surface area contributed by atoms with E-state index in [9.17, 15) is 18.0 Å². The third-order valence-electron chi connectivity index (χ3n) is 6.78. The average Bonchev–Trinajstić information content (AvgIpc) is 3.74. The van der Waals surface area contributed by atoms with Gasteiger partial charge in [0, 0.05) is 55.1 Å². The number of nitrogens with one attached hydrogen (secondary N) is 1. The lowest BCUT2D eigenvalue weighted by Gasteiger charge is -2.37. The molecule has 2 aliphatic rings. The monoisotopic (exact) mass is 582 g/mol. The summed E-state index contributed by atoms with van der Waals surface area (Å²) in [7, 11) is -3.36. The van der Waals surface area contributed by atoms with Gasteiger partial charge in [0.05, 0.1) is 15.8 Å². The Morgan fingerprint density at radius 1 is 1.18 bits per heavy atom. The summed E-state index contributed by atoms with van der Waals surface area (Å²) in [4.78, 5) is 43.7. The number of anilines is 1. The van der Waals surface area contributed by atoms with Crippen LogP contribution in [0.4, 0.5) is 5.13 Å². The zero-order valence-corrected chi connectivity index (χ0v) is 23.6. The summed E-state index contributed by atoms with van der Waals surface area (Å²) < 4.78 is 25.2. The molecule has 2 fully saturated rings. The maximum atomic E-state index is 13.3. The summed E-state index contributed by atoms with van der Waals surface area (Å²) in [6.07, 6.45) is 5.59. The topological polar surface area (TPSA) is 134 Å². The van der Waals surface area contributed by atoms with E-state index in [-0.39, 0.29) is 28.5 Å². The summed E-state index contributed by atoms with van der Waals surface area (Å²) in [6, 6.07) is 11.6. The molecule has 1 atom stereocenters. The summed E-state index contributed by atoms with van der Waals surface area (Å²) in [5, 5.41) is 6.98. The molecule has 2 aromatic heterocycles. The fourth-order valence-corrected chi connectivity index (χ4v) is 6.91. The Balaban J connectivity index is 1.29. The molecule has 0 spiro atoms. The van der Waals surface area contributed by atoms with Crippen molar-refractivity contribution in [3.63, 3.8) is 0 Å². The zero-order chi connectivity index (χ0) is 28.1. The average molecular weight is 583 g/mol. The standard InChI is InChI=1S/C27H30N6O5S2/c1-19-15-32(12-13-33(19)18-34)16-22-14-29-27(39-22)30-26(35)25(31-38-17-21-4-2-3-11-28-21)20-5-7-23(8-6-20)40(36,37)24-9-10-24/h2-8,11,14,18-19,24H,9-10,12-13,15-17H2,1H3,(H,29,30,35)/t19-/m0/s1. The van der Waals surface area contributed by atoms with Gasteiger partial charge in [0.25, 0.3) is 5.91 Å². The highest BCUT2D eigenvalue weighted by molar-refractivity contribution is 7.92. The summed E-state index contributed by atoms with van der Waals surface area (Å²) in [5.41, 5.74) is 1.04. The number of piperazine rings is 1. The third kappa shape index (κ3) is 6.72. The highest BCUT2D eigenvalue weighted by atomic mass is 32.2. The van der Waals surface area contributed by atoms with Crippen molar-refractivity contribution in [1.29, 1.82) is 0 Å². The van der Waals surface area contributed by atoms with Crippen LogP contribution in [0.2, 0.25) is 0 Å². The molecule has 40 heavy (non-hydrogen) atoms. The van der Waals surface area contributed by atoms with Crippen molar-refractivity contribution in [3.05, 3.63) is 71.0 Å². The molecule has 3 aromatic rings. The van der Waals surface area contributed by atoms with Crippen LogP contribution in [0.15, 0.2) is 64.9 Å². The van der Waals surface area contributed by atoms with Gasteiger partial charge in [-0.3, -0.25) is 24.8 Å². The predicted octanol–water partition coefficient (Wildman–Crippen LogP) is 2.70. The van der Waals surface area contributed by atoms with E-state index in [1.807, 2.05) is 13.0 Å². The van der Waals surface area contributed by atoms with E-state index < -0.39 is 15.7 Å². The second kappa shape index (κ2) is 12.2. The van der Waals surface area contributed by atoms with Crippen LogP contribution in [0.1, 0.15) is 35.9 Å². The van der Waals surface area contributed by atoms with E-state index in [0.717, 1.165) is 24.4 Å². The fraction of sp³-hybridized carbons (Fsp3) is 0.370. The normalized spacial score (nSPS) is 18.4. The molecule has 1 saturated heterocycles. The van der Waals surface area contributed by atoms with E-state index in [0.29, 0.717) is 42.3 Å². The first-order valence-corrected chi connectivity index (χ1v) is 15.3. The molecule has 3 heterocycles. The molecule has 0 bridgehead atoms. The minimum Gasteiger partial charge on any atom is -0.389 e. The van der Waals surface area contributed by atoms with Gasteiger partial charge in [-0.05, 0) is 44.0 Å². The second-order valence-electron chi connectivity index (χ2n) is 9.82. The Bertz CT molecular complexity index is 1470. The smallest absolute Gasteiger partial charge is 0.280 e. The number of benzene rings is 1. The SMILES string of the molecule is C[C@H]1CN(Cc2cnc(NC(=O)C(=NOCc3ccccn3)c3ccc(S(=O)(=O)C4CC4)cc3)s2)CCN1C=O. The number of hydrogen-bond donors (Lipinski definition) is 1. The molecular weight excluding hydrogens is 552 g/mol. The van der Waals surface area contributed by atoms with Gasteiger partial charge in [-0.1, -0.05) is 23.4 Å². The first kappa shape index (κ1) is 27.9. The molecule has 210 valence electrons. The van der Waals surface area contributed by atoms with E-state index in [1.54, 1.807) is 41.6 Å². The van der Waals surface area contributed by atoms with E-state index in [1.165, 1.54) is 23.5 Å². The second-order valence-corrected chi connectivity index (χ2v) is 13.2. The van der Waals surface area contributed by atoms with Crippen molar-refractivity contribution in [2.75, 3.05) is 25.0 Å². The predicted molar refractivity (Wildman–Crippen MR) is 150 cm³/mol. The van der Waals surface area contributed by atoms with Crippen molar-refractivity contribution in [3.8, 4) is 0 Å². The maximum Gasteiger partial charge on any atom is 0.280 e. The Morgan fingerprint density at radius 2 is 1.98 bits per heavy atom. The van der Waals surface area contributed by atoms with Crippen LogP contribution in [-0.2, 0) is 37.4 Å². The minimum atomic E-state index is -3.36. The summed E-state index contributed by atoms with van der Waals surface area (Å²) in [6.45, 7) is 4.93. The van der Waals surface area contributed by atoms with Gasteiger partial charge in [-0.25, -0.2) is 13.4 Å². The molecule has 5 rings (SSSR count). The van der Waals surface area contributed by atoms with Crippen molar-refractivity contribution < 1.29 is 22.8 Å². The van der Waals surface area contributed by atoms with E-state index in [2.05, 4.69) is 25.3 Å². The molecule has 1 saturated carbocycles. The van der Waals surface area contributed by atoms with Gasteiger partial charge in [0.15, 0.2) is 27.3 Å². The van der Waals surface area contributed by atoms with Gasteiger partial charge in [-0.15, -0.1) is 11.3 Å². The molecule has 1 aromatic carbocycles. The minimum absolute atomic E-state index is 0.0122. The van der Waals surface area contributed by atoms with E-state index in [4.69, 9.17) is 4.84 Å². The van der Waals surface area contributed by atoms with Crippen LogP contribution in [0.5, 0.6) is 0 Å². The number of thiazole rings is 1. The molecule has 11 nitrogen and oxygen atoms in total. The van der Waals surface area contributed by atoms with Crippen molar-refractivity contribution in [2.24, 2.45) is 5.16 Å². The van der Waals surface area contributed by atoms with Crippen LogP contribution >= 0.6 is 11.3 Å². The number of nitrogens with zero attached hydrogens (tertiary/aromatic N) is 5.